The Hall–Kier alpha value is -5.80. The highest BCUT2D eigenvalue weighted by molar-refractivity contribution is 5.81. The Balaban J connectivity index is 1.35. The van der Waals surface area contributed by atoms with Crippen molar-refractivity contribution in [2.24, 2.45) is 0 Å². The number of phenolic OH excluding ortho intramolecular Hbond substituents is 1. The van der Waals surface area contributed by atoms with Crippen molar-refractivity contribution >= 4 is 0 Å². The first-order valence-corrected chi connectivity index (χ1v) is 15.6. The second-order valence-electron chi connectivity index (χ2n) is 12.1. The number of rotatable bonds is 7. The maximum absolute atomic E-state index is 11.8. The van der Waals surface area contributed by atoms with Crippen molar-refractivity contribution in [3.8, 4) is 61.8 Å². The highest BCUT2D eigenvalue weighted by Crippen LogP contribution is 2.42. The fourth-order valence-electron chi connectivity index (χ4n) is 6.11. The molecule has 46 heavy (non-hydrogen) atoms. The molecule has 0 saturated carbocycles. The highest BCUT2D eigenvalue weighted by Gasteiger charge is 2.28. The monoisotopic (exact) mass is 594 g/mol. The number of phenols is 1. The standard InChI is InChI=1S/C43H34N2O/c1-43(2,36-20-10-5-11-21-36)38-23-13-22-37(42(38)46)41-29-35(31-16-8-4-9-17-31)28-40(45-41)34-19-12-18-33(26-34)39-27-32(24-25-44-39)30-14-6-3-7-15-30/h3-29,46H,1-2H3. The van der Waals surface area contributed by atoms with E-state index in [2.05, 4.69) is 105 Å². The minimum Gasteiger partial charge on any atom is -0.507 e. The molecule has 0 saturated heterocycles. The fraction of sp³-hybridized carbons (Fsp3) is 0.0698. The molecule has 0 unspecified atom stereocenters. The van der Waals surface area contributed by atoms with Gasteiger partial charge in [-0.3, -0.25) is 4.98 Å². The zero-order valence-corrected chi connectivity index (χ0v) is 25.9. The highest BCUT2D eigenvalue weighted by atomic mass is 16.3. The lowest BCUT2D eigenvalue weighted by atomic mass is 9.77. The van der Waals surface area contributed by atoms with E-state index in [0.29, 0.717) is 11.3 Å². The summed E-state index contributed by atoms with van der Waals surface area (Å²) in [7, 11) is 0. The lowest BCUT2D eigenvalue weighted by Crippen LogP contribution is -2.19. The average molecular weight is 595 g/mol. The first-order valence-electron chi connectivity index (χ1n) is 15.6. The molecule has 0 atom stereocenters. The van der Waals surface area contributed by atoms with Gasteiger partial charge in [0.2, 0.25) is 0 Å². The largest absolute Gasteiger partial charge is 0.507 e. The molecule has 0 aliphatic carbocycles. The summed E-state index contributed by atoms with van der Waals surface area (Å²) in [5, 5.41) is 11.8. The topological polar surface area (TPSA) is 46.0 Å². The Morgan fingerprint density at radius 3 is 1.70 bits per heavy atom. The Morgan fingerprint density at radius 2 is 1.00 bits per heavy atom. The maximum atomic E-state index is 11.8. The molecule has 1 N–H and O–H groups in total. The molecule has 0 radical (unpaired) electrons. The maximum Gasteiger partial charge on any atom is 0.129 e. The molecule has 0 spiro atoms. The first-order chi connectivity index (χ1) is 22.5. The summed E-state index contributed by atoms with van der Waals surface area (Å²) in [6, 6.07) is 53.7. The SMILES string of the molecule is CC(C)(c1ccccc1)c1cccc(-c2cc(-c3ccccc3)cc(-c3cccc(-c4cc(-c5ccccc5)ccn4)c3)n2)c1O. The molecule has 0 bridgehead atoms. The van der Waals surface area contributed by atoms with Crippen LogP contribution >= 0.6 is 0 Å². The van der Waals surface area contributed by atoms with E-state index < -0.39 is 5.41 Å². The predicted octanol–water partition coefficient (Wildman–Crippen LogP) is 10.8. The normalized spacial score (nSPS) is 11.3. The molecule has 5 aromatic carbocycles. The third-order valence-corrected chi connectivity index (χ3v) is 8.73. The number of para-hydroxylation sites is 1. The van der Waals surface area contributed by atoms with E-state index in [1.807, 2.05) is 72.9 Å². The summed E-state index contributed by atoms with van der Waals surface area (Å²) >= 11 is 0. The van der Waals surface area contributed by atoms with Gasteiger partial charge in [0.05, 0.1) is 17.1 Å². The summed E-state index contributed by atoms with van der Waals surface area (Å²) < 4.78 is 0. The van der Waals surface area contributed by atoms with Gasteiger partial charge in [-0.25, -0.2) is 4.98 Å². The Labute approximate surface area is 270 Å². The molecule has 0 fully saturated rings. The van der Waals surface area contributed by atoms with E-state index in [1.54, 1.807) is 0 Å². The van der Waals surface area contributed by atoms with E-state index in [9.17, 15) is 5.11 Å². The van der Waals surface area contributed by atoms with Gasteiger partial charge in [0, 0.05) is 33.9 Å². The zero-order chi connectivity index (χ0) is 31.5. The molecular formula is C43H34N2O. The van der Waals surface area contributed by atoms with Crippen molar-refractivity contribution in [3.05, 3.63) is 175 Å². The number of aromatic hydroxyl groups is 1. The molecule has 0 amide bonds. The summed E-state index contributed by atoms with van der Waals surface area (Å²) in [4.78, 5) is 9.89. The van der Waals surface area contributed by atoms with Crippen LogP contribution in [0.2, 0.25) is 0 Å². The van der Waals surface area contributed by atoms with Gasteiger partial charge >= 0.3 is 0 Å². The third-order valence-electron chi connectivity index (χ3n) is 8.73. The van der Waals surface area contributed by atoms with Crippen LogP contribution in [0.1, 0.15) is 25.0 Å². The van der Waals surface area contributed by atoms with Crippen molar-refractivity contribution in [3.63, 3.8) is 0 Å². The van der Waals surface area contributed by atoms with Gasteiger partial charge in [-0.15, -0.1) is 0 Å². The van der Waals surface area contributed by atoms with Gasteiger partial charge in [-0.1, -0.05) is 135 Å². The van der Waals surface area contributed by atoms with Crippen LogP contribution in [-0.4, -0.2) is 15.1 Å². The van der Waals surface area contributed by atoms with E-state index >= 15 is 0 Å². The number of benzene rings is 5. The smallest absolute Gasteiger partial charge is 0.129 e. The minimum atomic E-state index is -0.406. The van der Waals surface area contributed by atoms with Gasteiger partial charge < -0.3 is 5.11 Å². The van der Waals surface area contributed by atoms with Crippen LogP contribution in [0.15, 0.2) is 164 Å². The Bertz CT molecular complexity index is 2120. The summed E-state index contributed by atoms with van der Waals surface area (Å²) in [6.07, 6.45) is 1.86. The third kappa shape index (κ3) is 5.71. The molecule has 3 heteroatoms. The van der Waals surface area contributed by atoms with Gasteiger partial charge in [0.1, 0.15) is 5.75 Å². The fourth-order valence-corrected chi connectivity index (χ4v) is 6.11. The van der Waals surface area contributed by atoms with Crippen molar-refractivity contribution < 1.29 is 5.11 Å². The number of aromatic nitrogens is 2. The predicted molar refractivity (Wildman–Crippen MR) is 189 cm³/mol. The van der Waals surface area contributed by atoms with Crippen LogP contribution < -0.4 is 0 Å². The van der Waals surface area contributed by atoms with E-state index in [4.69, 9.17) is 9.97 Å². The molecule has 7 aromatic rings. The van der Waals surface area contributed by atoms with Crippen molar-refractivity contribution in [1.82, 2.24) is 9.97 Å². The molecular weight excluding hydrogens is 560 g/mol. The first kappa shape index (κ1) is 28.9. The molecule has 222 valence electrons. The molecule has 7 rings (SSSR count). The minimum absolute atomic E-state index is 0.246. The number of hydrogen-bond acceptors (Lipinski definition) is 3. The van der Waals surface area contributed by atoms with Crippen LogP contribution in [0.5, 0.6) is 5.75 Å². The van der Waals surface area contributed by atoms with E-state index in [-0.39, 0.29) is 5.75 Å². The van der Waals surface area contributed by atoms with Crippen molar-refractivity contribution in [2.75, 3.05) is 0 Å². The van der Waals surface area contributed by atoms with Crippen LogP contribution in [0.25, 0.3) is 56.0 Å². The molecule has 3 nitrogen and oxygen atoms in total. The number of nitrogens with zero attached hydrogens (tertiary/aromatic N) is 2. The zero-order valence-electron chi connectivity index (χ0n) is 25.9. The number of hydrogen-bond donors (Lipinski definition) is 1. The lowest BCUT2D eigenvalue weighted by molar-refractivity contribution is 0.455. The summed E-state index contributed by atoms with van der Waals surface area (Å²) in [6.45, 7) is 4.29. The van der Waals surface area contributed by atoms with Crippen LogP contribution in [0.4, 0.5) is 0 Å². The molecule has 0 aliphatic heterocycles. The van der Waals surface area contributed by atoms with E-state index in [0.717, 1.165) is 55.9 Å². The quantitative estimate of drug-likeness (QED) is 0.200. The van der Waals surface area contributed by atoms with E-state index in [1.165, 1.54) is 0 Å². The van der Waals surface area contributed by atoms with Crippen LogP contribution in [0, 0.1) is 0 Å². The van der Waals surface area contributed by atoms with Crippen molar-refractivity contribution in [1.29, 1.82) is 0 Å². The van der Waals surface area contributed by atoms with Crippen LogP contribution in [-0.2, 0) is 5.41 Å². The second kappa shape index (κ2) is 12.3. The van der Waals surface area contributed by atoms with Crippen LogP contribution in [0.3, 0.4) is 0 Å². The molecule has 2 aromatic heterocycles. The van der Waals surface area contributed by atoms with Gasteiger partial charge in [-0.05, 0) is 64.2 Å². The second-order valence-corrected chi connectivity index (χ2v) is 12.1. The Morgan fingerprint density at radius 1 is 0.457 bits per heavy atom. The van der Waals surface area contributed by atoms with Gasteiger partial charge in [0.25, 0.3) is 0 Å². The average Bonchev–Trinajstić information content (AvgIpc) is 3.12. The molecule has 0 aliphatic rings. The molecule has 2 heterocycles. The summed E-state index contributed by atoms with van der Waals surface area (Å²) in [5.74, 6) is 0.246. The van der Waals surface area contributed by atoms with Gasteiger partial charge in [0.15, 0.2) is 0 Å². The lowest BCUT2D eigenvalue weighted by Gasteiger charge is -2.27. The Kier molecular flexibility index (Phi) is 7.74. The van der Waals surface area contributed by atoms with Gasteiger partial charge in [-0.2, -0.15) is 0 Å². The number of pyridine rings is 2. The van der Waals surface area contributed by atoms with Crippen molar-refractivity contribution in [2.45, 2.75) is 19.3 Å². The summed E-state index contributed by atoms with van der Waals surface area (Å²) in [5.41, 5.74) is 11.1.